The molecule has 2 heterocycles. The van der Waals surface area contributed by atoms with E-state index in [1.807, 2.05) is 0 Å². The first kappa shape index (κ1) is 19.4. The van der Waals surface area contributed by atoms with Gasteiger partial charge in [-0.1, -0.05) is 25.3 Å². The lowest BCUT2D eigenvalue weighted by atomic mass is 9.98. The second kappa shape index (κ2) is 8.09. The van der Waals surface area contributed by atoms with Crippen LogP contribution in [0.3, 0.4) is 0 Å². The minimum atomic E-state index is -3.66. The van der Waals surface area contributed by atoms with E-state index in [0.717, 1.165) is 32.1 Å². The van der Waals surface area contributed by atoms with Crippen molar-refractivity contribution in [1.82, 2.24) is 9.55 Å². The maximum absolute atomic E-state index is 12.3. The number of ether oxygens (including phenoxy) is 1. The number of rotatable bonds is 6. The van der Waals surface area contributed by atoms with E-state index in [9.17, 15) is 14.2 Å². The highest BCUT2D eigenvalue weighted by atomic mass is 31.2. The van der Waals surface area contributed by atoms with Crippen LogP contribution in [0, 0.1) is 6.92 Å². The van der Waals surface area contributed by atoms with Crippen LogP contribution in [-0.4, -0.2) is 35.9 Å². The molecule has 1 N–H and O–H groups in total. The van der Waals surface area contributed by atoms with Crippen molar-refractivity contribution in [3.8, 4) is 0 Å². The highest BCUT2D eigenvalue weighted by Gasteiger charge is 2.24. The molecule has 1 aliphatic carbocycles. The van der Waals surface area contributed by atoms with Crippen LogP contribution in [-0.2, 0) is 18.3 Å². The SMILES string of the molecule is [B-]P(=O)(OC[C@@H]1C=C[C@H](n2cc(C)c(=O)[nH]c2=O)O1)OC1CCCCC1. The van der Waals surface area contributed by atoms with Crippen molar-refractivity contribution in [3.05, 3.63) is 44.8 Å². The molecule has 8 nitrogen and oxygen atoms in total. The molecule has 26 heavy (non-hydrogen) atoms. The molecule has 3 radical (unpaired) electrons. The zero-order valence-corrected chi connectivity index (χ0v) is 15.5. The van der Waals surface area contributed by atoms with E-state index in [1.54, 1.807) is 19.1 Å². The lowest BCUT2D eigenvalue weighted by Gasteiger charge is -2.33. The van der Waals surface area contributed by atoms with Gasteiger partial charge in [0, 0.05) is 11.8 Å². The fourth-order valence-corrected chi connectivity index (χ4v) is 4.15. The van der Waals surface area contributed by atoms with E-state index in [1.165, 1.54) is 10.8 Å². The van der Waals surface area contributed by atoms with Crippen LogP contribution in [0.2, 0.25) is 0 Å². The van der Waals surface area contributed by atoms with Crippen LogP contribution in [0.1, 0.15) is 43.9 Å². The topological polar surface area (TPSA) is 99.6 Å². The van der Waals surface area contributed by atoms with E-state index in [2.05, 4.69) is 4.98 Å². The molecule has 1 aromatic heterocycles. The maximum Gasteiger partial charge on any atom is 0.330 e. The molecule has 0 aromatic carbocycles. The quantitative estimate of drug-likeness (QED) is 0.460. The molecule has 1 unspecified atom stereocenters. The Labute approximate surface area is 152 Å². The van der Waals surface area contributed by atoms with Gasteiger partial charge in [-0.25, -0.2) is 4.79 Å². The summed E-state index contributed by atoms with van der Waals surface area (Å²) < 4.78 is 29.9. The van der Waals surface area contributed by atoms with Gasteiger partial charge in [-0.15, -0.1) is 0 Å². The predicted molar refractivity (Wildman–Crippen MR) is 96.4 cm³/mol. The van der Waals surface area contributed by atoms with Crippen molar-refractivity contribution in [3.63, 3.8) is 0 Å². The third kappa shape index (κ3) is 4.85. The van der Waals surface area contributed by atoms with E-state index >= 15 is 0 Å². The Hall–Kier alpha value is -1.41. The van der Waals surface area contributed by atoms with Gasteiger partial charge < -0.3 is 25.9 Å². The molecular formula is C16H22BN2O6P-. The summed E-state index contributed by atoms with van der Waals surface area (Å²) in [7, 11) is 2.01. The summed E-state index contributed by atoms with van der Waals surface area (Å²) in [6.07, 6.45) is 8.35. The molecular weight excluding hydrogens is 358 g/mol. The van der Waals surface area contributed by atoms with Crippen LogP contribution in [0.4, 0.5) is 0 Å². The normalized spacial score (nSPS) is 26.1. The number of nitrogens with zero attached hydrogens (tertiary/aromatic N) is 1. The van der Waals surface area contributed by atoms with Crippen LogP contribution in [0.5, 0.6) is 0 Å². The standard InChI is InChI=1S/C16H22BN2O6P/c1-11-9-19(16(21)18-15(11)20)14-8-7-13(24-14)10-23-26(17,22)25-12-5-3-2-4-6-12/h7-9,12-14H,2-6,10H2,1H3,(H,18,20,21)/q-1/t13-,14+,26?/m0/s1. The van der Waals surface area contributed by atoms with Gasteiger partial charge in [-0.2, -0.15) is 0 Å². The van der Waals surface area contributed by atoms with Gasteiger partial charge in [0.25, 0.3) is 5.56 Å². The molecule has 2 aliphatic rings. The first-order chi connectivity index (χ1) is 12.3. The number of aryl methyl sites for hydroxylation is 1. The van der Waals surface area contributed by atoms with Gasteiger partial charge in [0.2, 0.25) is 0 Å². The average molecular weight is 380 g/mol. The molecule has 3 rings (SSSR count). The number of nitrogens with one attached hydrogen (secondary N) is 1. The van der Waals surface area contributed by atoms with Gasteiger partial charge in [0.05, 0.1) is 20.2 Å². The minimum Gasteiger partial charge on any atom is -0.444 e. The smallest absolute Gasteiger partial charge is 0.330 e. The number of aromatic nitrogens is 2. The molecule has 1 fully saturated rings. The van der Waals surface area contributed by atoms with Crippen molar-refractivity contribution in [2.75, 3.05) is 6.61 Å². The fraction of sp³-hybridized carbons (Fsp3) is 0.625. The molecule has 0 amide bonds. The van der Waals surface area contributed by atoms with Gasteiger partial charge in [-0.05, 0) is 25.8 Å². The van der Waals surface area contributed by atoms with Gasteiger partial charge in [0.15, 0.2) is 6.23 Å². The lowest BCUT2D eigenvalue weighted by molar-refractivity contribution is -0.00915. The summed E-state index contributed by atoms with van der Waals surface area (Å²) in [5.74, 6) is 0. The Morgan fingerprint density at radius 2 is 2.04 bits per heavy atom. The molecule has 0 saturated heterocycles. The Balaban J connectivity index is 1.54. The third-order valence-electron chi connectivity index (χ3n) is 4.49. The van der Waals surface area contributed by atoms with E-state index < -0.39 is 31.1 Å². The average Bonchev–Trinajstić information content (AvgIpc) is 3.06. The Bertz CT molecular complexity index is 829. The number of H-pyrrole nitrogens is 1. The summed E-state index contributed by atoms with van der Waals surface area (Å²) in [5.41, 5.74) is -0.604. The summed E-state index contributed by atoms with van der Waals surface area (Å²) in [6.45, 7) is 1.55. The first-order valence-electron chi connectivity index (χ1n) is 8.71. The second-order valence-electron chi connectivity index (χ2n) is 6.63. The Morgan fingerprint density at radius 1 is 1.31 bits per heavy atom. The summed E-state index contributed by atoms with van der Waals surface area (Å²) in [5, 5.41) is 0. The molecule has 0 spiro atoms. The molecule has 0 bridgehead atoms. The van der Waals surface area contributed by atoms with E-state index in [-0.39, 0.29) is 12.7 Å². The first-order valence-corrected chi connectivity index (χ1v) is 10.3. The fourth-order valence-electron chi connectivity index (χ4n) is 3.10. The predicted octanol–water partition coefficient (Wildman–Crippen LogP) is 1.94. The van der Waals surface area contributed by atoms with Crippen molar-refractivity contribution >= 4 is 15.0 Å². The monoisotopic (exact) mass is 380 g/mol. The highest BCUT2D eigenvalue weighted by molar-refractivity contribution is 7.79. The van der Waals surface area contributed by atoms with E-state index in [0.29, 0.717) is 5.56 Å². The lowest BCUT2D eigenvalue weighted by Crippen LogP contribution is -2.33. The summed E-state index contributed by atoms with van der Waals surface area (Å²) in [4.78, 5) is 25.6. The molecule has 3 atom stereocenters. The highest BCUT2D eigenvalue weighted by Crippen LogP contribution is 2.46. The van der Waals surface area contributed by atoms with Crippen molar-refractivity contribution in [2.24, 2.45) is 0 Å². The second-order valence-corrected chi connectivity index (χ2v) is 8.18. The van der Waals surface area contributed by atoms with Crippen LogP contribution < -0.4 is 11.2 Å². The molecule has 1 aromatic rings. The largest absolute Gasteiger partial charge is 0.444 e. The minimum absolute atomic E-state index is 0.0510. The van der Waals surface area contributed by atoms with E-state index in [4.69, 9.17) is 21.4 Å². The number of aromatic amines is 1. The Morgan fingerprint density at radius 3 is 2.77 bits per heavy atom. The number of hydrogen-bond donors (Lipinski definition) is 1. The third-order valence-corrected chi connectivity index (χ3v) is 5.59. The van der Waals surface area contributed by atoms with Gasteiger partial charge >= 0.3 is 5.69 Å². The van der Waals surface area contributed by atoms with Crippen LogP contribution in [0.25, 0.3) is 0 Å². The van der Waals surface area contributed by atoms with Crippen molar-refractivity contribution in [2.45, 2.75) is 57.5 Å². The molecule has 1 saturated carbocycles. The summed E-state index contributed by atoms with van der Waals surface area (Å²) >= 11 is 0. The molecule has 1 aliphatic heterocycles. The number of hydrogen-bond acceptors (Lipinski definition) is 6. The zero-order chi connectivity index (χ0) is 18.7. The van der Waals surface area contributed by atoms with Crippen LogP contribution in [0.15, 0.2) is 27.9 Å². The summed E-state index contributed by atoms with van der Waals surface area (Å²) in [6, 6.07) is 0. The Kier molecular flexibility index (Phi) is 6.02. The maximum atomic E-state index is 12.3. The van der Waals surface area contributed by atoms with Gasteiger partial charge in [0.1, 0.15) is 6.10 Å². The van der Waals surface area contributed by atoms with Crippen molar-refractivity contribution in [1.29, 1.82) is 0 Å². The molecule has 10 heteroatoms. The van der Waals surface area contributed by atoms with Crippen LogP contribution >= 0.6 is 7.47 Å². The molecule has 141 valence electrons. The van der Waals surface area contributed by atoms with Gasteiger partial charge in [-0.3, -0.25) is 14.3 Å². The zero-order valence-electron chi connectivity index (χ0n) is 14.6. The van der Waals surface area contributed by atoms with Crippen molar-refractivity contribution < 1.29 is 18.3 Å².